The van der Waals surface area contributed by atoms with Gasteiger partial charge in [-0.2, -0.15) is 0 Å². The summed E-state index contributed by atoms with van der Waals surface area (Å²) in [5, 5.41) is 0. The Labute approximate surface area is 110 Å². The minimum atomic E-state index is 0.490. The quantitative estimate of drug-likeness (QED) is 0.714. The molecule has 0 spiro atoms. The summed E-state index contributed by atoms with van der Waals surface area (Å²) < 4.78 is 11.8. The number of hydrogen-bond donors (Lipinski definition) is 0. The maximum Gasteiger partial charge on any atom is 0.153 e. The number of hydrogen-bond acceptors (Lipinski definition) is 3. The molecule has 2 aromatic rings. The molecule has 19 heavy (non-hydrogen) atoms. The Morgan fingerprint density at radius 1 is 0.895 bits per heavy atom. The molecule has 0 saturated heterocycles. The van der Waals surface area contributed by atoms with Crippen molar-refractivity contribution in [3.63, 3.8) is 0 Å². The van der Waals surface area contributed by atoms with Crippen LogP contribution in [0.25, 0.3) is 5.76 Å². The summed E-state index contributed by atoms with van der Waals surface area (Å²) in [6.45, 7) is 0.490. The van der Waals surface area contributed by atoms with E-state index in [0.29, 0.717) is 6.61 Å². The van der Waals surface area contributed by atoms with Crippen LogP contribution in [0.3, 0.4) is 0 Å². The monoisotopic (exact) mass is 249 g/mol. The zero-order valence-corrected chi connectivity index (χ0v) is 10.2. The van der Waals surface area contributed by atoms with Crippen molar-refractivity contribution in [2.75, 3.05) is 6.61 Å². The van der Waals surface area contributed by atoms with E-state index in [9.17, 15) is 0 Å². The average molecular weight is 249 g/mol. The highest BCUT2D eigenvalue weighted by molar-refractivity contribution is 5.95. The number of ether oxygens (including phenoxy) is 2. The molecule has 2 heterocycles. The van der Waals surface area contributed by atoms with Crippen molar-refractivity contribution in [3.8, 4) is 11.5 Å². The van der Waals surface area contributed by atoms with Gasteiger partial charge in [0, 0.05) is 6.21 Å². The molecule has 0 radical (unpaired) electrons. The van der Waals surface area contributed by atoms with Crippen LogP contribution in [-0.4, -0.2) is 12.8 Å². The van der Waals surface area contributed by atoms with E-state index in [0.717, 1.165) is 34.1 Å². The van der Waals surface area contributed by atoms with Crippen molar-refractivity contribution in [2.24, 2.45) is 4.99 Å². The predicted octanol–water partition coefficient (Wildman–Crippen LogP) is 3.59. The standard InChI is InChI=1S/C16H11NO2/c1-3-7-14-12(5-1)16-11(10-18-14)9-17-13-6-2-4-8-15(13)19-16/h1-9H,10H2. The molecule has 92 valence electrons. The molecule has 3 nitrogen and oxygen atoms in total. The Bertz CT molecular complexity index is 716. The first-order valence-corrected chi connectivity index (χ1v) is 6.18. The number of rotatable bonds is 0. The fraction of sp³-hybridized carbons (Fsp3) is 0.0625. The van der Waals surface area contributed by atoms with Crippen molar-refractivity contribution in [2.45, 2.75) is 0 Å². The van der Waals surface area contributed by atoms with Gasteiger partial charge in [0.1, 0.15) is 23.8 Å². The first-order chi connectivity index (χ1) is 9.42. The minimum Gasteiger partial charge on any atom is -0.488 e. The fourth-order valence-corrected chi connectivity index (χ4v) is 2.30. The lowest BCUT2D eigenvalue weighted by Crippen LogP contribution is -2.14. The zero-order chi connectivity index (χ0) is 12.7. The van der Waals surface area contributed by atoms with Gasteiger partial charge in [-0.25, -0.2) is 0 Å². The van der Waals surface area contributed by atoms with E-state index in [1.54, 1.807) is 0 Å². The molecule has 0 N–H and O–H groups in total. The van der Waals surface area contributed by atoms with Gasteiger partial charge in [0.15, 0.2) is 5.75 Å². The van der Waals surface area contributed by atoms with E-state index in [2.05, 4.69) is 4.99 Å². The molecule has 2 aliphatic heterocycles. The van der Waals surface area contributed by atoms with Crippen LogP contribution < -0.4 is 9.47 Å². The zero-order valence-electron chi connectivity index (χ0n) is 10.2. The lowest BCUT2D eigenvalue weighted by Gasteiger charge is -2.21. The Hall–Kier alpha value is -2.55. The summed E-state index contributed by atoms with van der Waals surface area (Å²) >= 11 is 0. The molecular formula is C16H11NO2. The Morgan fingerprint density at radius 3 is 2.63 bits per heavy atom. The van der Waals surface area contributed by atoms with E-state index in [1.807, 2.05) is 54.7 Å². The van der Waals surface area contributed by atoms with Crippen LogP contribution in [-0.2, 0) is 0 Å². The van der Waals surface area contributed by atoms with Crippen LogP contribution in [0.1, 0.15) is 5.56 Å². The van der Waals surface area contributed by atoms with Crippen molar-refractivity contribution < 1.29 is 9.47 Å². The van der Waals surface area contributed by atoms with Gasteiger partial charge in [-0.3, -0.25) is 4.99 Å². The van der Waals surface area contributed by atoms with Crippen LogP contribution in [0.5, 0.6) is 11.5 Å². The van der Waals surface area contributed by atoms with Gasteiger partial charge < -0.3 is 9.47 Å². The molecular weight excluding hydrogens is 238 g/mol. The third-order valence-electron chi connectivity index (χ3n) is 3.24. The lowest BCUT2D eigenvalue weighted by molar-refractivity contribution is 0.342. The minimum absolute atomic E-state index is 0.490. The van der Waals surface area contributed by atoms with Crippen molar-refractivity contribution in [1.82, 2.24) is 0 Å². The van der Waals surface area contributed by atoms with Crippen LogP contribution in [0, 0.1) is 0 Å². The Balaban J connectivity index is 1.90. The van der Waals surface area contributed by atoms with E-state index < -0.39 is 0 Å². The van der Waals surface area contributed by atoms with Crippen molar-refractivity contribution >= 4 is 17.7 Å². The second kappa shape index (κ2) is 3.99. The van der Waals surface area contributed by atoms with Gasteiger partial charge in [-0.1, -0.05) is 24.3 Å². The summed E-state index contributed by atoms with van der Waals surface area (Å²) in [6.07, 6.45) is 1.83. The fourth-order valence-electron chi connectivity index (χ4n) is 2.30. The van der Waals surface area contributed by atoms with Crippen molar-refractivity contribution in [3.05, 3.63) is 59.7 Å². The Kier molecular flexibility index (Phi) is 2.18. The second-order valence-corrected chi connectivity index (χ2v) is 4.47. The molecule has 0 amide bonds. The molecule has 0 atom stereocenters. The number of nitrogens with zero attached hydrogens (tertiary/aromatic N) is 1. The molecule has 4 rings (SSSR count). The third-order valence-corrected chi connectivity index (χ3v) is 3.24. The third kappa shape index (κ3) is 1.63. The number of para-hydroxylation sites is 3. The van der Waals surface area contributed by atoms with E-state index in [4.69, 9.17) is 9.47 Å². The van der Waals surface area contributed by atoms with E-state index in [1.165, 1.54) is 0 Å². The van der Waals surface area contributed by atoms with Gasteiger partial charge in [0.05, 0.1) is 11.1 Å². The number of fused-ring (bicyclic) bond motifs is 3. The largest absolute Gasteiger partial charge is 0.488 e. The summed E-state index contributed by atoms with van der Waals surface area (Å²) in [5.41, 5.74) is 2.79. The number of aliphatic imine (C=N–C) groups is 1. The van der Waals surface area contributed by atoms with Gasteiger partial charge in [0.2, 0.25) is 0 Å². The number of benzene rings is 2. The van der Waals surface area contributed by atoms with Gasteiger partial charge in [0.25, 0.3) is 0 Å². The maximum absolute atomic E-state index is 6.06. The van der Waals surface area contributed by atoms with Crippen molar-refractivity contribution in [1.29, 1.82) is 0 Å². The van der Waals surface area contributed by atoms with E-state index in [-0.39, 0.29) is 0 Å². The molecule has 0 fully saturated rings. The first kappa shape index (κ1) is 10.4. The topological polar surface area (TPSA) is 30.8 Å². The molecule has 2 aromatic carbocycles. The Morgan fingerprint density at radius 2 is 1.68 bits per heavy atom. The highest BCUT2D eigenvalue weighted by Gasteiger charge is 2.23. The van der Waals surface area contributed by atoms with Gasteiger partial charge in [-0.15, -0.1) is 0 Å². The highest BCUT2D eigenvalue weighted by atomic mass is 16.5. The van der Waals surface area contributed by atoms with E-state index >= 15 is 0 Å². The molecule has 0 aromatic heterocycles. The summed E-state index contributed by atoms with van der Waals surface area (Å²) in [4.78, 5) is 4.46. The van der Waals surface area contributed by atoms with Crippen LogP contribution in [0.4, 0.5) is 5.69 Å². The molecule has 0 unspecified atom stereocenters. The molecule has 0 bridgehead atoms. The van der Waals surface area contributed by atoms with Crippen LogP contribution in [0.2, 0.25) is 0 Å². The SMILES string of the molecule is C1=Nc2ccccc2OC2=C1COc1ccccc12. The summed E-state index contributed by atoms with van der Waals surface area (Å²) in [6, 6.07) is 15.7. The smallest absolute Gasteiger partial charge is 0.153 e. The van der Waals surface area contributed by atoms with Gasteiger partial charge in [-0.05, 0) is 24.3 Å². The maximum atomic E-state index is 6.06. The van der Waals surface area contributed by atoms with Crippen LogP contribution >= 0.6 is 0 Å². The lowest BCUT2D eigenvalue weighted by atomic mass is 10.1. The average Bonchev–Trinajstić information content (AvgIpc) is 2.66. The summed E-state index contributed by atoms with van der Waals surface area (Å²) in [7, 11) is 0. The van der Waals surface area contributed by atoms with Crippen LogP contribution in [0.15, 0.2) is 59.1 Å². The molecule has 2 aliphatic rings. The second-order valence-electron chi connectivity index (χ2n) is 4.47. The predicted molar refractivity (Wildman–Crippen MR) is 74.1 cm³/mol. The molecule has 0 aliphatic carbocycles. The molecule has 3 heteroatoms. The normalized spacial score (nSPS) is 15.6. The summed E-state index contributed by atoms with van der Waals surface area (Å²) in [5.74, 6) is 2.48. The molecule has 0 saturated carbocycles. The van der Waals surface area contributed by atoms with Gasteiger partial charge >= 0.3 is 0 Å². The highest BCUT2D eigenvalue weighted by Crippen LogP contribution is 2.39. The first-order valence-electron chi connectivity index (χ1n) is 6.18.